The number of hydrogen-bond donors (Lipinski definition) is 1. The molecule has 1 aliphatic rings. The van der Waals surface area contributed by atoms with Crippen LogP contribution >= 0.6 is 0 Å². The molecule has 0 bridgehead atoms. The number of ether oxygens (including phenoxy) is 2. The van der Waals surface area contributed by atoms with Crippen molar-refractivity contribution in [3.8, 4) is 11.5 Å². The van der Waals surface area contributed by atoms with Crippen LogP contribution in [0.2, 0.25) is 0 Å². The van der Waals surface area contributed by atoms with Gasteiger partial charge in [-0.2, -0.15) is 0 Å². The van der Waals surface area contributed by atoms with Crippen molar-refractivity contribution in [2.45, 2.75) is 25.7 Å². The van der Waals surface area contributed by atoms with E-state index < -0.39 is 6.79 Å². The SMILES string of the molecule is O=Cc1ccc(CCc2ccc(OCC3CC3)cc2)cc1OCO. The Balaban J connectivity index is 1.56. The van der Waals surface area contributed by atoms with Gasteiger partial charge in [-0.25, -0.2) is 0 Å². The van der Waals surface area contributed by atoms with E-state index in [0.29, 0.717) is 11.3 Å². The van der Waals surface area contributed by atoms with E-state index in [4.69, 9.17) is 14.6 Å². The van der Waals surface area contributed by atoms with Crippen LogP contribution in [-0.4, -0.2) is 24.8 Å². The summed E-state index contributed by atoms with van der Waals surface area (Å²) in [5.41, 5.74) is 2.75. The van der Waals surface area contributed by atoms with E-state index in [0.717, 1.165) is 43.0 Å². The number of rotatable bonds is 9. The molecule has 0 radical (unpaired) electrons. The molecule has 24 heavy (non-hydrogen) atoms. The summed E-state index contributed by atoms with van der Waals surface area (Å²) in [7, 11) is 0. The predicted octanol–water partition coefficient (Wildman–Crippen LogP) is 3.40. The largest absolute Gasteiger partial charge is 0.493 e. The number of aliphatic hydroxyl groups is 1. The fourth-order valence-electron chi connectivity index (χ4n) is 2.57. The first kappa shape index (κ1) is 16.5. The summed E-state index contributed by atoms with van der Waals surface area (Å²) in [6.07, 6.45) is 5.05. The van der Waals surface area contributed by atoms with Crippen molar-refractivity contribution >= 4 is 6.29 Å². The Morgan fingerprint density at radius 3 is 2.38 bits per heavy atom. The Hall–Kier alpha value is -2.33. The molecule has 3 rings (SSSR count). The molecule has 0 saturated heterocycles. The third-order valence-electron chi connectivity index (χ3n) is 4.23. The van der Waals surface area contributed by atoms with E-state index in [9.17, 15) is 4.79 Å². The predicted molar refractivity (Wildman–Crippen MR) is 91.6 cm³/mol. The van der Waals surface area contributed by atoms with Crippen molar-refractivity contribution in [1.82, 2.24) is 0 Å². The standard InChI is InChI=1S/C20H22O4/c21-12-18-8-5-16(11-20(18)24-14-22)2-1-15-6-9-19(10-7-15)23-13-17-3-4-17/h5-12,17,22H,1-4,13-14H2. The van der Waals surface area contributed by atoms with Crippen LogP contribution in [-0.2, 0) is 12.8 Å². The number of aldehydes is 1. The second-order valence-electron chi connectivity index (χ2n) is 6.16. The highest BCUT2D eigenvalue weighted by Crippen LogP contribution is 2.29. The van der Waals surface area contributed by atoms with Crippen LogP contribution < -0.4 is 9.47 Å². The van der Waals surface area contributed by atoms with Crippen LogP contribution in [0.15, 0.2) is 42.5 Å². The van der Waals surface area contributed by atoms with E-state index in [-0.39, 0.29) is 0 Å². The molecule has 0 aromatic heterocycles. The van der Waals surface area contributed by atoms with Crippen molar-refractivity contribution < 1.29 is 19.4 Å². The summed E-state index contributed by atoms with van der Waals surface area (Å²) in [6, 6.07) is 13.7. The van der Waals surface area contributed by atoms with Gasteiger partial charge in [0.1, 0.15) is 11.5 Å². The second-order valence-corrected chi connectivity index (χ2v) is 6.16. The first-order valence-electron chi connectivity index (χ1n) is 8.32. The van der Waals surface area contributed by atoms with Gasteiger partial charge < -0.3 is 14.6 Å². The number of carbonyl (C=O) groups is 1. The molecule has 0 heterocycles. The number of aliphatic hydroxyl groups excluding tert-OH is 1. The third-order valence-corrected chi connectivity index (χ3v) is 4.23. The van der Waals surface area contributed by atoms with E-state index in [2.05, 4.69) is 12.1 Å². The highest BCUT2D eigenvalue weighted by atomic mass is 16.6. The number of benzene rings is 2. The Kier molecular flexibility index (Phi) is 5.49. The van der Waals surface area contributed by atoms with Crippen molar-refractivity contribution in [3.63, 3.8) is 0 Å². The van der Waals surface area contributed by atoms with Crippen LogP contribution in [0, 0.1) is 5.92 Å². The fourth-order valence-corrected chi connectivity index (χ4v) is 2.57. The first-order valence-corrected chi connectivity index (χ1v) is 8.32. The minimum absolute atomic E-state index is 0.425. The van der Waals surface area contributed by atoms with Gasteiger partial charge in [0.2, 0.25) is 0 Å². The van der Waals surface area contributed by atoms with E-state index >= 15 is 0 Å². The molecule has 4 nitrogen and oxygen atoms in total. The van der Waals surface area contributed by atoms with Gasteiger partial charge in [-0.1, -0.05) is 18.2 Å². The van der Waals surface area contributed by atoms with Gasteiger partial charge in [-0.3, -0.25) is 4.79 Å². The zero-order valence-electron chi connectivity index (χ0n) is 13.6. The lowest BCUT2D eigenvalue weighted by Gasteiger charge is -2.09. The molecule has 2 aromatic rings. The molecule has 0 spiro atoms. The average Bonchev–Trinajstić information content (AvgIpc) is 3.44. The molecule has 0 atom stereocenters. The van der Waals surface area contributed by atoms with E-state index in [1.165, 1.54) is 18.4 Å². The van der Waals surface area contributed by atoms with Crippen molar-refractivity contribution in [1.29, 1.82) is 0 Å². The lowest BCUT2D eigenvalue weighted by atomic mass is 10.0. The molecule has 2 aromatic carbocycles. The molecule has 0 unspecified atom stereocenters. The Morgan fingerprint density at radius 1 is 1.00 bits per heavy atom. The summed E-state index contributed by atoms with van der Waals surface area (Å²) in [6.45, 7) is 0.392. The van der Waals surface area contributed by atoms with Gasteiger partial charge >= 0.3 is 0 Å². The van der Waals surface area contributed by atoms with E-state index in [1.807, 2.05) is 24.3 Å². The fraction of sp³-hybridized carbons (Fsp3) is 0.350. The Labute approximate surface area is 142 Å². The number of carbonyl (C=O) groups excluding carboxylic acids is 1. The summed E-state index contributed by atoms with van der Waals surface area (Å²) in [5.74, 6) is 2.11. The lowest BCUT2D eigenvalue weighted by molar-refractivity contribution is 0.0958. The van der Waals surface area contributed by atoms with Crippen molar-refractivity contribution in [2.75, 3.05) is 13.4 Å². The molecule has 126 valence electrons. The highest BCUT2D eigenvalue weighted by Gasteiger charge is 2.21. The summed E-state index contributed by atoms with van der Waals surface area (Å²) in [4.78, 5) is 11.0. The molecule has 0 amide bonds. The minimum atomic E-state index is -0.438. The van der Waals surface area contributed by atoms with Crippen molar-refractivity contribution in [2.24, 2.45) is 5.92 Å². The smallest absolute Gasteiger partial charge is 0.186 e. The lowest BCUT2D eigenvalue weighted by Crippen LogP contribution is -2.00. The quantitative estimate of drug-likeness (QED) is 0.567. The maximum atomic E-state index is 11.0. The molecule has 1 saturated carbocycles. The first-order chi connectivity index (χ1) is 11.8. The van der Waals surface area contributed by atoms with Gasteiger partial charge in [0, 0.05) is 0 Å². The molecular formula is C20H22O4. The third kappa shape index (κ3) is 4.59. The molecular weight excluding hydrogens is 304 g/mol. The van der Waals surface area contributed by atoms with Gasteiger partial charge in [-0.15, -0.1) is 0 Å². The molecule has 1 N–H and O–H groups in total. The Morgan fingerprint density at radius 2 is 1.71 bits per heavy atom. The Bertz CT molecular complexity index is 675. The van der Waals surface area contributed by atoms with Crippen LogP contribution in [0.3, 0.4) is 0 Å². The number of aryl methyl sites for hydroxylation is 2. The zero-order valence-corrected chi connectivity index (χ0v) is 13.6. The minimum Gasteiger partial charge on any atom is -0.493 e. The summed E-state index contributed by atoms with van der Waals surface area (Å²) >= 11 is 0. The maximum absolute atomic E-state index is 11.0. The molecule has 0 aliphatic heterocycles. The van der Waals surface area contributed by atoms with Crippen LogP contribution in [0.5, 0.6) is 11.5 Å². The maximum Gasteiger partial charge on any atom is 0.186 e. The highest BCUT2D eigenvalue weighted by molar-refractivity contribution is 5.79. The topological polar surface area (TPSA) is 55.8 Å². The number of hydrogen-bond acceptors (Lipinski definition) is 4. The van der Waals surface area contributed by atoms with Gasteiger partial charge in [0.15, 0.2) is 13.1 Å². The zero-order chi connectivity index (χ0) is 16.8. The van der Waals surface area contributed by atoms with E-state index in [1.54, 1.807) is 6.07 Å². The molecule has 4 heteroatoms. The molecule has 1 aliphatic carbocycles. The normalized spacial score (nSPS) is 13.5. The summed E-state index contributed by atoms with van der Waals surface area (Å²) in [5, 5.41) is 8.90. The van der Waals surface area contributed by atoms with Crippen LogP contribution in [0.1, 0.15) is 34.3 Å². The van der Waals surface area contributed by atoms with Gasteiger partial charge in [0.05, 0.1) is 12.2 Å². The van der Waals surface area contributed by atoms with Crippen molar-refractivity contribution in [3.05, 3.63) is 59.2 Å². The van der Waals surface area contributed by atoms with Crippen LogP contribution in [0.25, 0.3) is 0 Å². The van der Waals surface area contributed by atoms with Gasteiger partial charge in [-0.05, 0) is 67.0 Å². The second kappa shape index (κ2) is 7.97. The summed E-state index contributed by atoms with van der Waals surface area (Å²) < 4.78 is 10.8. The average molecular weight is 326 g/mol. The molecule has 1 fully saturated rings. The van der Waals surface area contributed by atoms with Crippen LogP contribution in [0.4, 0.5) is 0 Å². The van der Waals surface area contributed by atoms with Gasteiger partial charge in [0.25, 0.3) is 0 Å². The monoisotopic (exact) mass is 326 g/mol.